The topological polar surface area (TPSA) is 26.0 Å². The Bertz CT molecular complexity index is 575. The average molecular weight is 372 g/mol. The fourth-order valence-electron chi connectivity index (χ4n) is 5.38. The standard InChI is InChI=1S/C26H45N/c1-7-9-11-13-21-15-23-18-26(5,6)17-22(14-19(3)12-10-8-2)25(23)20(4)24(27)16-21/h14,16,20-22H,7-13,15,17-18,27H2,1-6H3/b19-14-/t20-,21?,22-/m1/s1. The quantitative estimate of drug-likeness (QED) is 0.340. The van der Waals surface area contributed by atoms with Gasteiger partial charge in [0.15, 0.2) is 0 Å². The van der Waals surface area contributed by atoms with Crippen molar-refractivity contribution in [1.29, 1.82) is 0 Å². The Balaban J connectivity index is 2.32. The van der Waals surface area contributed by atoms with Crippen molar-refractivity contribution in [1.82, 2.24) is 0 Å². The maximum Gasteiger partial charge on any atom is 0.0171 e. The first-order valence-corrected chi connectivity index (χ1v) is 11.6. The Kier molecular flexibility index (Phi) is 8.25. The summed E-state index contributed by atoms with van der Waals surface area (Å²) in [6.07, 6.45) is 17.9. The van der Waals surface area contributed by atoms with E-state index in [-0.39, 0.29) is 0 Å². The van der Waals surface area contributed by atoms with Crippen LogP contribution in [0.1, 0.15) is 106 Å². The fraction of sp³-hybridized carbons (Fsp3) is 0.769. The Labute approximate surface area is 169 Å². The van der Waals surface area contributed by atoms with Crippen LogP contribution in [0.15, 0.2) is 34.6 Å². The lowest BCUT2D eigenvalue weighted by Crippen LogP contribution is -2.28. The third-order valence-electron chi connectivity index (χ3n) is 6.76. The van der Waals surface area contributed by atoms with E-state index in [4.69, 9.17) is 5.73 Å². The molecular formula is C26H45N. The highest BCUT2D eigenvalue weighted by molar-refractivity contribution is 5.36. The van der Waals surface area contributed by atoms with Gasteiger partial charge in [0.25, 0.3) is 0 Å². The number of rotatable bonds is 8. The number of hydrogen-bond acceptors (Lipinski definition) is 1. The van der Waals surface area contributed by atoms with Crippen LogP contribution in [0.2, 0.25) is 0 Å². The van der Waals surface area contributed by atoms with Crippen molar-refractivity contribution >= 4 is 0 Å². The first kappa shape index (κ1) is 22.3. The van der Waals surface area contributed by atoms with Gasteiger partial charge in [0.05, 0.1) is 0 Å². The molecule has 0 saturated carbocycles. The van der Waals surface area contributed by atoms with Gasteiger partial charge in [-0.25, -0.2) is 0 Å². The van der Waals surface area contributed by atoms with Gasteiger partial charge in [0.1, 0.15) is 0 Å². The van der Waals surface area contributed by atoms with Gasteiger partial charge >= 0.3 is 0 Å². The van der Waals surface area contributed by atoms with Crippen LogP contribution >= 0.6 is 0 Å². The van der Waals surface area contributed by atoms with Crippen molar-refractivity contribution in [2.75, 3.05) is 0 Å². The Morgan fingerprint density at radius 2 is 1.89 bits per heavy atom. The molecule has 0 spiro atoms. The van der Waals surface area contributed by atoms with Gasteiger partial charge in [-0.1, -0.05) is 89.2 Å². The Hall–Kier alpha value is -0.980. The molecule has 2 aliphatic carbocycles. The van der Waals surface area contributed by atoms with Gasteiger partial charge in [0.2, 0.25) is 0 Å². The molecule has 3 atom stereocenters. The van der Waals surface area contributed by atoms with E-state index < -0.39 is 0 Å². The Morgan fingerprint density at radius 3 is 2.56 bits per heavy atom. The first-order valence-electron chi connectivity index (χ1n) is 11.6. The van der Waals surface area contributed by atoms with Crippen LogP contribution in [0.5, 0.6) is 0 Å². The van der Waals surface area contributed by atoms with Gasteiger partial charge in [-0.05, 0) is 62.7 Å². The molecule has 27 heavy (non-hydrogen) atoms. The zero-order chi connectivity index (χ0) is 20.0. The average Bonchev–Trinajstić information content (AvgIpc) is 2.69. The van der Waals surface area contributed by atoms with Crippen LogP contribution in [0.4, 0.5) is 0 Å². The highest BCUT2D eigenvalue weighted by atomic mass is 14.6. The molecule has 0 saturated heterocycles. The summed E-state index contributed by atoms with van der Waals surface area (Å²) in [5, 5.41) is 0. The summed E-state index contributed by atoms with van der Waals surface area (Å²) in [6, 6.07) is 0. The largest absolute Gasteiger partial charge is 0.402 e. The molecule has 1 heteroatoms. The van der Waals surface area contributed by atoms with Crippen LogP contribution < -0.4 is 5.73 Å². The number of unbranched alkanes of at least 4 members (excludes halogenated alkanes) is 3. The summed E-state index contributed by atoms with van der Waals surface area (Å²) < 4.78 is 0. The fourth-order valence-corrected chi connectivity index (χ4v) is 5.38. The molecule has 0 aromatic rings. The molecule has 0 bridgehead atoms. The zero-order valence-corrected chi connectivity index (χ0v) is 19.0. The van der Waals surface area contributed by atoms with E-state index >= 15 is 0 Å². The van der Waals surface area contributed by atoms with E-state index in [0.29, 0.717) is 23.2 Å². The van der Waals surface area contributed by atoms with E-state index in [2.05, 4.69) is 53.7 Å². The maximum absolute atomic E-state index is 6.63. The van der Waals surface area contributed by atoms with E-state index in [1.807, 2.05) is 0 Å². The SMILES string of the molecule is CCCCCC1C=C(N)[C@@H](C)C2=C(C1)CC(C)(C)C[C@H]2/C=C(/C)CCCC. The molecule has 0 heterocycles. The summed E-state index contributed by atoms with van der Waals surface area (Å²) in [6.45, 7) is 14.2. The molecule has 2 aliphatic rings. The van der Waals surface area contributed by atoms with Crippen molar-refractivity contribution < 1.29 is 0 Å². The third kappa shape index (κ3) is 6.26. The van der Waals surface area contributed by atoms with Gasteiger partial charge in [-0.2, -0.15) is 0 Å². The summed E-state index contributed by atoms with van der Waals surface area (Å²) in [5.74, 6) is 1.63. The minimum atomic E-state index is 0.401. The van der Waals surface area contributed by atoms with Crippen LogP contribution in [0.3, 0.4) is 0 Å². The maximum atomic E-state index is 6.63. The number of allylic oxidation sites excluding steroid dienone is 5. The Morgan fingerprint density at radius 1 is 1.19 bits per heavy atom. The molecule has 0 aliphatic heterocycles. The molecule has 0 amide bonds. The molecule has 154 valence electrons. The van der Waals surface area contributed by atoms with E-state index in [1.165, 1.54) is 64.2 Å². The molecule has 2 N–H and O–H groups in total. The lowest BCUT2D eigenvalue weighted by atomic mass is 9.65. The smallest absolute Gasteiger partial charge is 0.0171 e. The lowest BCUT2D eigenvalue weighted by molar-refractivity contribution is 0.268. The summed E-state index contributed by atoms with van der Waals surface area (Å²) in [4.78, 5) is 0. The number of hydrogen-bond donors (Lipinski definition) is 1. The second-order valence-electron chi connectivity index (χ2n) is 10.2. The van der Waals surface area contributed by atoms with E-state index in [9.17, 15) is 0 Å². The number of nitrogens with two attached hydrogens (primary N) is 1. The molecule has 2 rings (SSSR count). The van der Waals surface area contributed by atoms with Gasteiger partial charge in [0, 0.05) is 11.6 Å². The van der Waals surface area contributed by atoms with Gasteiger partial charge in [-0.3, -0.25) is 0 Å². The van der Waals surface area contributed by atoms with E-state index in [0.717, 1.165) is 5.70 Å². The molecule has 0 aromatic heterocycles. The predicted molar refractivity (Wildman–Crippen MR) is 120 cm³/mol. The third-order valence-corrected chi connectivity index (χ3v) is 6.76. The minimum absolute atomic E-state index is 0.401. The van der Waals surface area contributed by atoms with E-state index in [1.54, 1.807) is 16.7 Å². The van der Waals surface area contributed by atoms with Gasteiger partial charge in [-0.15, -0.1) is 0 Å². The lowest BCUT2D eigenvalue weighted by Gasteiger charge is -2.40. The van der Waals surface area contributed by atoms with Crippen LogP contribution in [-0.4, -0.2) is 0 Å². The monoisotopic (exact) mass is 371 g/mol. The summed E-state index contributed by atoms with van der Waals surface area (Å²) in [5.41, 5.74) is 13.1. The summed E-state index contributed by atoms with van der Waals surface area (Å²) in [7, 11) is 0. The zero-order valence-electron chi connectivity index (χ0n) is 19.0. The van der Waals surface area contributed by atoms with Crippen LogP contribution in [-0.2, 0) is 0 Å². The molecule has 1 nitrogen and oxygen atoms in total. The molecular weight excluding hydrogens is 326 g/mol. The highest BCUT2D eigenvalue weighted by Gasteiger charge is 2.37. The second kappa shape index (κ2) is 9.99. The van der Waals surface area contributed by atoms with Gasteiger partial charge < -0.3 is 5.73 Å². The molecule has 0 fully saturated rings. The van der Waals surface area contributed by atoms with Crippen LogP contribution in [0.25, 0.3) is 0 Å². The predicted octanol–water partition coefficient (Wildman–Crippen LogP) is 7.93. The minimum Gasteiger partial charge on any atom is -0.402 e. The van der Waals surface area contributed by atoms with Crippen molar-refractivity contribution in [3.63, 3.8) is 0 Å². The second-order valence-corrected chi connectivity index (χ2v) is 10.2. The highest BCUT2D eigenvalue weighted by Crippen LogP contribution is 2.49. The molecule has 0 aromatic carbocycles. The normalized spacial score (nSPS) is 28.6. The van der Waals surface area contributed by atoms with Crippen LogP contribution in [0, 0.1) is 23.2 Å². The van der Waals surface area contributed by atoms with Crippen molar-refractivity contribution in [3.05, 3.63) is 34.6 Å². The molecule has 1 unspecified atom stereocenters. The summed E-state index contributed by atoms with van der Waals surface area (Å²) >= 11 is 0. The van der Waals surface area contributed by atoms with Crippen molar-refractivity contribution in [3.8, 4) is 0 Å². The first-order chi connectivity index (χ1) is 12.8. The van der Waals surface area contributed by atoms with Crippen molar-refractivity contribution in [2.45, 2.75) is 106 Å². The van der Waals surface area contributed by atoms with Crippen molar-refractivity contribution in [2.24, 2.45) is 28.9 Å². The molecule has 0 radical (unpaired) electrons.